The molecule has 0 radical (unpaired) electrons. The molecule has 0 spiro atoms. The van der Waals surface area contributed by atoms with Gasteiger partial charge in [-0.05, 0) is 117 Å². The van der Waals surface area contributed by atoms with E-state index in [0.29, 0.717) is 60.0 Å². The van der Waals surface area contributed by atoms with Gasteiger partial charge in [0, 0.05) is 0 Å². The van der Waals surface area contributed by atoms with Crippen LogP contribution in [0, 0.1) is 22.7 Å². The van der Waals surface area contributed by atoms with Gasteiger partial charge in [-0.2, -0.15) is 36.5 Å². The highest BCUT2D eigenvalue weighted by molar-refractivity contribution is 8.76. The molecule has 16 heteroatoms. The number of aliphatic hydroxyl groups is 2. The minimum atomic E-state index is -4.37. The normalized spacial score (nSPS) is 25.6. The van der Waals surface area contributed by atoms with Crippen molar-refractivity contribution in [1.29, 1.82) is 0 Å². The third kappa shape index (κ3) is 9.00. The van der Waals surface area contributed by atoms with E-state index < -0.39 is 47.2 Å². The summed E-state index contributed by atoms with van der Waals surface area (Å²) in [5.41, 5.74) is -2.20. The van der Waals surface area contributed by atoms with Gasteiger partial charge in [-0.15, -0.1) is 0 Å². The lowest BCUT2D eigenvalue weighted by molar-refractivity contribution is -0.128. The Morgan fingerprint density at radius 2 is 1.02 bits per heavy atom. The smallest absolute Gasteiger partial charge is 0.387 e. The van der Waals surface area contributed by atoms with Crippen molar-refractivity contribution in [1.82, 2.24) is 29.5 Å². The number of halogens is 6. The Morgan fingerprint density at radius 1 is 0.655 bits per heavy atom. The maximum Gasteiger partial charge on any atom is 0.393 e. The first-order valence-electron chi connectivity index (χ1n) is 20.0. The van der Waals surface area contributed by atoms with Crippen molar-refractivity contribution in [3.05, 3.63) is 83.4 Å². The quantitative estimate of drug-likeness (QED) is 0.0901. The zero-order chi connectivity index (χ0) is 42.3. The minimum absolute atomic E-state index is 0.0715. The molecule has 4 aromatic rings. The summed E-state index contributed by atoms with van der Waals surface area (Å²) >= 11 is 0. The Kier molecular flexibility index (Phi) is 12.9. The van der Waals surface area contributed by atoms with Gasteiger partial charge in [-0.3, -0.25) is 0 Å². The van der Waals surface area contributed by atoms with E-state index in [1.165, 1.54) is 46.4 Å². The molecule has 6 unspecified atom stereocenters. The molecule has 2 N–H and O–H groups in total. The topological polar surface area (TPSA) is 102 Å². The van der Waals surface area contributed by atoms with E-state index in [0.717, 1.165) is 0 Å². The van der Waals surface area contributed by atoms with E-state index in [1.54, 1.807) is 45.8 Å². The number of benzene rings is 2. The maximum absolute atomic E-state index is 13.7. The van der Waals surface area contributed by atoms with Crippen molar-refractivity contribution < 1.29 is 36.6 Å². The van der Waals surface area contributed by atoms with Gasteiger partial charge in [-0.1, -0.05) is 90.1 Å². The molecule has 2 aliphatic carbocycles. The number of hydrogen-bond acceptors (Lipinski definition) is 8. The van der Waals surface area contributed by atoms with Crippen molar-refractivity contribution in [2.45, 2.75) is 152 Å². The molecule has 2 aromatic heterocycles. The highest BCUT2D eigenvalue weighted by atomic mass is 33.1. The summed E-state index contributed by atoms with van der Waals surface area (Å²) in [7, 11) is 2.52. The fraction of sp³-hybridized carbons (Fsp3) is 0.619. The number of rotatable bonds is 15. The van der Waals surface area contributed by atoms with Crippen LogP contribution < -0.4 is 0 Å². The molecule has 2 aromatic carbocycles. The summed E-state index contributed by atoms with van der Waals surface area (Å²) in [5, 5.41) is 35.3. The molecule has 6 rings (SSSR count). The molecule has 0 amide bonds. The Bertz CT molecular complexity index is 1880. The summed E-state index contributed by atoms with van der Waals surface area (Å²) < 4.78 is 85.2. The molecule has 2 saturated carbocycles. The van der Waals surface area contributed by atoms with E-state index in [1.807, 2.05) is 41.5 Å². The molecule has 2 heterocycles. The molecular weight excluding hydrogens is 799 g/mol. The Balaban J connectivity index is 1.23. The highest BCUT2D eigenvalue weighted by Crippen LogP contribution is 2.58. The van der Waals surface area contributed by atoms with Crippen LogP contribution in [0.5, 0.6) is 0 Å². The van der Waals surface area contributed by atoms with Gasteiger partial charge in [0.15, 0.2) is 10.3 Å². The van der Waals surface area contributed by atoms with Crippen LogP contribution in [0.1, 0.15) is 114 Å². The van der Waals surface area contributed by atoms with E-state index in [9.17, 15) is 36.6 Å². The van der Waals surface area contributed by atoms with Crippen LogP contribution in [-0.2, 0) is 25.9 Å². The monoisotopic (exact) mass is 852 g/mol. The number of aromatic nitrogens is 6. The molecule has 2 fully saturated rings. The second-order valence-corrected chi connectivity index (χ2v) is 19.5. The second-order valence-electron chi connectivity index (χ2n) is 17.5. The molecule has 0 aliphatic heterocycles. The first-order valence-corrected chi connectivity index (χ1v) is 22.1. The van der Waals surface area contributed by atoms with Crippen molar-refractivity contribution in [2.24, 2.45) is 22.7 Å². The molecule has 318 valence electrons. The maximum atomic E-state index is 13.7. The van der Waals surface area contributed by atoms with Crippen LogP contribution in [0.3, 0.4) is 0 Å². The van der Waals surface area contributed by atoms with Crippen LogP contribution in [0.4, 0.5) is 26.3 Å². The molecule has 0 bridgehead atoms. The SMILES string of the molecule is CCC(c1ccccc1CC(F)(F)F)C1CCC(C)(C)C1(O)Cn1ncnc1SSc1ncnn1CC1(O)C(C(CC)c2ccccc2CC(F)(F)F)CCC1(C)C. The van der Waals surface area contributed by atoms with Gasteiger partial charge in [0.2, 0.25) is 0 Å². The second kappa shape index (κ2) is 16.8. The lowest BCUT2D eigenvalue weighted by Gasteiger charge is -2.44. The molecule has 58 heavy (non-hydrogen) atoms. The predicted molar refractivity (Wildman–Crippen MR) is 213 cm³/mol. The van der Waals surface area contributed by atoms with E-state index in [4.69, 9.17) is 0 Å². The summed E-state index contributed by atoms with van der Waals surface area (Å²) in [5.74, 6) is -1.35. The summed E-state index contributed by atoms with van der Waals surface area (Å²) in [4.78, 5) is 8.99. The van der Waals surface area contributed by atoms with Crippen molar-refractivity contribution in [2.75, 3.05) is 0 Å². The number of nitrogens with zero attached hydrogens (tertiary/aromatic N) is 6. The van der Waals surface area contributed by atoms with Gasteiger partial charge in [0.05, 0.1) is 37.1 Å². The average molecular weight is 853 g/mol. The lowest BCUT2D eigenvalue weighted by Crippen LogP contribution is -2.50. The van der Waals surface area contributed by atoms with E-state index >= 15 is 0 Å². The van der Waals surface area contributed by atoms with Crippen molar-refractivity contribution in [3.63, 3.8) is 0 Å². The molecule has 2 aliphatic rings. The molecular formula is C42H54F6N6O2S2. The third-order valence-corrected chi connectivity index (χ3v) is 15.6. The Labute approximate surface area is 344 Å². The van der Waals surface area contributed by atoms with Crippen LogP contribution in [0.2, 0.25) is 0 Å². The highest BCUT2D eigenvalue weighted by Gasteiger charge is 2.58. The first kappa shape index (κ1) is 44.5. The summed E-state index contributed by atoms with van der Waals surface area (Å²) in [6.45, 7) is 12.0. The van der Waals surface area contributed by atoms with E-state index in [2.05, 4.69) is 20.2 Å². The lowest BCUT2D eigenvalue weighted by atomic mass is 9.68. The van der Waals surface area contributed by atoms with Crippen LogP contribution >= 0.6 is 21.6 Å². The van der Waals surface area contributed by atoms with Gasteiger partial charge >= 0.3 is 12.4 Å². The first-order chi connectivity index (χ1) is 27.1. The van der Waals surface area contributed by atoms with Crippen molar-refractivity contribution in [3.8, 4) is 0 Å². The molecule has 8 nitrogen and oxygen atoms in total. The third-order valence-electron chi connectivity index (χ3n) is 13.4. The Hall–Kier alpha value is -3.08. The fourth-order valence-electron chi connectivity index (χ4n) is 10.0. The minimum Gasteiger partial charge on any atom is -0.387 e. The fourth-order valence-corrected chi connectivity index (χ4v) is 12.0. The van der Waals surface area contributed by atoms with Gasteiger partial charge < -0.3 is 10.2 Å². The standard InChI is InChI=1S/C42H54F6N6O2S2/c1-7-29(31-15-11-9-13-27(31)21-41(43,44)45)33-17-19-37(3,4)39(33,55)23-53-35(49-25-51-53)57-58-36-50-26-52-54(36)24-40(56)34(18-20-38(40,5)6)30(8-2)32-16-12-10-14-28(32)22-42(46,47)48/h9-16,25-26,29-30,33-34,55-56H,7-8,17-24H2,1-6H3. The Morgan fingerprint density at radius 3 is 1.36 bits per heavy atom. The zero-order valence-electron chi connectivity index (χ0n) is 33.8. The number of hydrogen-bond donors (Lipinski definition) is 2. The zero-order valence-corrected chi connectivity index (χ0v) is 35.4. The number of alkyl halides is 6. The average Bonchev–Trinajstić information content (AvgIpc) is 3.87. The summed E-state index contributed by atoms with van der Waals surface area (Å²) in [6.07, 6.45) is -4.31. The predicted octanol–water partition coefficient (Wildman–Crippen LogP) is 10.6. The van der Waals surface area contributed by atoms with Crippen LogP contribution in [-0.4, -0.2) is 63.3 Å². The van der Waals surface area contributed by atoms with Gasteiger partial charge in [0.25, 0.3) is 0 Å². The van der Waals surface area contributed by atoms with E-state index in [-0.39, 0.29) is 47.9 Å². The molecule has 0 saturated heterocycles. The van der Waals surface area contributed by atoms with Crippen molar-refractivity contribution >= 4 is 21.6 Å². The largest absolute Gasteiger partial charge is 0.393 e. The summed E-state index contributed by atoms with van der Waals surface area (Å²) in [6, 6.07) is 13.3. The van der Waals surface area contributed by atoms with Gasteiger partial charge in [0.1, 0.15) is 12.7 Å². The van der Waals surface area contributed by atoms with Gasteiger partial charge in [-0.25, -0.2) is 19.3 Å². The van der Waals surface area contributed by atoms with Crippen LogP contribution in [0.25, 0.3) is 0 Å². The molecule has 6 atom stereocenters. The van der Waals surface area contributed by atoms with Crippen LogP contribution in [0.15, 0.2) is 71.5 Å².